The van der Waals surface area contributed by atoms with Crippen LogP contribution in [0.3, 0.4) is 0 Å². The van der Waals surface area contributed by atoms with Gasteiger partial charge in [-0.25, -0.2) is 9.97 Å². The topological polar surface area (TPSA) is 56.8 Å². The summed E-state index contributed by atoms with van der Waals surface area (Å²) in [5, 5.41) is 0. The quantitative estimate of drug-likeness (QED) is 0.257. The Morgan fingerprint density at radius 2 is 1.60 bits per heavy atom. The molecular weight excluding hydrogens is 376 g/mol. The molecule has 2 heterocycles. The number of benzene rings is 1. The van der Waals surface area contributed by atoms with Crippen molar-refractivity contribution < 1.29 is 14.2 Å². The van der Waals surface area contributed by atoms with Crippen molar-refractivity contribution in [3.8, 4) is 22.9 Å². The zero-order valence-electron chi connectivity index (χ0n) is 18.5. The monoisotopic (exact) mass is 412 g/mol. The number of hydrogen-bond acceptors (Lipinski definition) is 5. The van der Waals surface area contributed by atoms with Crippen LogP contribution in [0.15, 0.2) is 36.7 Å². The zero-order chi connectivity index (χ0) is 21.0. The van der Waals surface area contributed by atoms with E-state index < -0.39 is 0 Å². The van der Waals surface area contributed by atoms with Crippen LogP contribution < -0.4 is 9.47 Å². The fraction of sp³-hybridized carbons (Fsp3) is 0.600. The molecule has 0 amide bonds. The number of rotatable bonds is 15. The van der Waals surface area contributed by atoms with Crippen LogP contribution in [-0.4, -0.2) is 35.4 Å². The molecule has 2 atom stereocenters. The average Bonchev–Trinajstić information content (AvgIpc) is 3.54. The third kappa shape index (κ3) is 7.60. The van der Waals surface area contributed by atoms with E-state index in [0.717, 1.165) is 36.5 Å². The Kier molecular flexibility index (Phi) is 9.42. The van der Waals surface area contributed by atoms with Gasteiger partial charge < -0.3 is 14.2 Å². The molecule has 0 aliphatic carbocycles. The molecule has 0 bridgehead atoms. The second-order valence-corrected chi connectivity index (χ2v) is 8.05. The highest BCUT2D eigenvalue weighted by atomic mass is 16.6. The third-order valence-corrected chi connectivity index (χ3v) is 5.43. The molecule has 0 radical (unpaired) electrons. The lowest BCUT2D eigenvalue weighted by atomic mass is 10.1. The molecule has 1 aromatic heterocycles. The Bertz CT molecular complexity index is 735. The molecule has 5 nitrogen and oxygen atoms in total. The van der Waals surface area contributed by atoms with Gasteiger partial charge in [-0.2, -0.15) is 0 Å². The number of hydrogen-bond donors (Lipinski definition) is 0. The van der Waals surface area contributed by atoms with Crippen LogP contribution in [0.5, 0.6) is 11.5 Å². The highest BCUT2D eigenvalue weighted by Crippen LogP contribution is 2.29. The molecule has 30 heavy (non-hydrogen) atoms. The van der Waals surface area contributed by atoms with Crippen LogP contribution in [-0.2, 0) is 4.74 Å². The molecule has 0 N–H and O–H groups in total. The van der Waals surface area contributed by atoms with Gasteiger partial charge in [0, 0.05) is 5.56 Å². The maximum Gasteiger partial charge on any atom is 0.159 e. The maximum atomic E-state index is 5.92. The fourth-order valence-electron chi connectivity index (χ4n) is 3.50. The third-order valence-electron chi connectivity index (χ3n) is 5.43. The fourth-order valence-corrected chi connectivity index (χ4v) is 3.50. The second kappa shape index (κ2) is 12.5. The molecule has 1 fully saturated rings. The largest absolute Gasteiger partial charge is 0.491 e. The van der Waals surface area contributed by atoms with Crippen LogP contribution in [0.4, 0.5) is 0 Å². The standard InChI is InChI=1S/C25H36N2O3/c1-3-5-7-8-9-10-15-28-22-17-26-25(27-18-22)20-12-11-13-21(16-20)29-19-24-23(30-24)14-6-4-2/h11-13,16-18,23-24H,3-10,14-15,19H2,1-2H3. The predicted octanol–water partition coefficient (Wildman–Crippen LogP) is 6.22. The first kappa shape index (κ1) is 22.5. The maximum absolute atomic E-state index is 5.92. The van der Waals surface area contributed by atoms with E-state index in [4.69, 9.17) is 14.2 Å². The van der Waals surface area contributed by atoms with Crippen LogP contribution >= 0.6 is 0 Å². The SMILES string of the molecule is CCCCCCCCOc1cnc(-c2cccc(OCC3OC3CCCC)c2)nc1. The van der Waals surface area contributed by atoms with Crippen molar-refractivity contribution in [2.24, 2.45) is 0 Å². The van der Waals surface area contributed by atoms with Gasteiger partial charge in [0.1, 0.15) is 18.5 Å². The zero-order valence-corrected chi connectivity index (χ0v) is 18.5. The number of unbranched alkanes of at least 4 members (excludes halogenated alkanes) is 6. The normalized spacial score (nSPS) is 17.7. The minimum atomic E-state index is 0.236. The Balaban J connectivity index is 1.41. The molecule has 0 spiro atoms. The van der Waals surface area contributed by atoms with Crippen molar-refractivity contribution in [2.45, 2.75) is 83.8 Å². The molecule has 1 saturated heterocycles. The Morgan fingerprint density at radius 3 is 2.40 bits per heavy atom. The van der Waals surface area contributed by atoms with E-state index in [1.54, 1.807) is 12.4 Å². The first-order valence-electron chi connectivity index (χ1n) is 11.6. The molecule has 1 aliphatic rings. The van der Waals surface area contributed by atoms with E-state index in [2.05, 4.69) is 23.8 Å². The van der Waals surface area contributed by atoms with E-state index >= 15 is 0 Å². The van der Waals surface area contributed by atoms with Gasteiger partial charge in [0.05, 0.1) is 25.1 Å². The van der Waals surface area contributed by atoms with Crippen LogP contribution in [0.1, 0.15) is 71.6 Å². The summed E-state index contributed by atoms with van der Waals surface area (Å²) in [6, 6.07) is 7.91. The lowest BCUT2D eigenvalue weighted by Gasteiger charge is -2.08. The summed E-state index contributed by atoms with van der Waals surface area (Å²) < 4.78 is 17.4. The molecule has 164 valence electrons. The average molecular weight is 413 g/mol. The van der Waals surface area contributed by atoms with Crippen LogP contribution in [0, 0.1) is 0 Å². The summed E-state index contributed by atoms with van der Waals surface area (Å²) in [5.41, 5.74) is 0.939. The Hall–Kier alpha value is -2.14. The molecule has 5 heteroatoms. The summed E-state index contributed by atoms with van der Waals surface area (Å²) in [4.78, 5) is 8.93. The molecule has 3 rings (SSSR count). The van der Waals surface area contributed by atoms with E-state index in [1.807, 2.05) is 24.3 Å². The van der Waals surface area contributed by atoms with Gasteiger partial charge in [-0.3, -0.25) is 0 Å². The lowest BCUT2D eigenvalue weighted by molar-refractivity contribution is 0.259. The second-order valence-electron chi connectivity index (χ2n) is 8.05. The van der Waals surface area contributed by atoms with Crippen molar-refractivity contribution in [3.05, 3.63) is 36.7 Å². The van der Waals surface area contributed by atoms with E-state index in [-0.39, 0.29) is 6.10 Å². The first-order valence-corrected chi connectivity index (χ1v) is 11.6. The smallest absolute Gasteiger partial charge is 0.159 e. The van der Waals surface area contributed by atoms with Gasteiger partial charge in [0.2, 0.25) is 0 Å². The van der Waals surface area contributed by atoms with Crippen molar-refractivity contribution in [1.82, 2.24) is 9.97 Å². The van der Waals surface area contributed by atoms with E-state index in [0.29, 0.717) is 18.5 Å². The van der Waals surface area contributed by atoms with Gasteiger partial charge in [0.15, 0.2) is 11.6 Å². The van der Waals surface area contributed by atoms with Gasteiger partial charge in [-0.1, -0.05) is 70.9 Å². The van der Waals surface area contributed by atoms with Crippen molar-refractivity contribution in [1.29, 1.82) is 0 Å². The number of nitrogens with zero attached hydrogens (tertiary/aromatic N) is 2. The molecule has 0 saturated carbocycles. The highest BCUT2D eigenvalue weighted by Gasteiger charge is 2.38. The van der Waals surface area contributed by atoms with Crippen LogP contribution in [0.25, 0.3) is 11.4 Å². The number of ether oxygens (including phenoxy) is 3. The molecule has 1 aromatic carbocycles. The van der Waals surface area contributed by atoms with Crippen molar-refractivity contribution in [3.63, 3.8) is 0 Å². The highest BCUT2D eigenvalue weighted by molar-refractivity contribution is 5.57. The van der Waals surface area contributed by atoms with Gasteiger partial charge in [-0.05, 0) is 25.0 Å². The molecule has 2 aromatic rings. The van der Waals surface area contributed by atoms with Gasteiger partial charge in [-0.15, -0.1) is 0 Å². The summed E-state index contributed by atoms with van der Waals surface area (Å²) >= 11 is 0. The minimum absolute atomic E-state index is 0.236. The molecule has 2 unspecified atom stereocenters. The first-order chi connectivity index (χ1) is 14.8. The Morgan fingerprint density at radius 1 is 0.833 bits per heavy atom. The summed E-state index contributed by atoms with van der Waals surface area (Å²) in [5.74, 6) is 2.23. The van der Waals surface area contributed by atoms with Crippen LogP contribution in [0.2, 0.25) is 0 Å². The number of epoxide rings is 1. The van der Waals surface area contributed by atoms with Crippen molar-refractivity contribution in [2.75, 3.05) is 13.2 Å². The summed E-state index contributed by atoms with van der Waals surface area (Å²) in [7, 11) is 0. The van der Waals surface area contributed by atoms with Crippen molar-refractivity contribution >= 4 is 0 Å². The molecular formula is C25H36N2O3. The summed E-state index contributed by atoms with van der Waals surface area (Å²) in [6.45, 7) is 5.77. The van der Waals surface area contributed by atoms with E-state index in [1.165, 1.54) is 44.9 Å². The minimum Gasteiger partial charge on any atom is -0.491 e. The lowest BCUT2D eigenvalue weighted by Crippen LogP contribution is -2.07. The predicted molar refractivity (Wildman–Crippen MR) is 120 cm³/mol. The number of aromatic nitrogens is 2. The molecule has 1 aliphatic heterocycles. The van der Waals surface area contributed by atoms with E-state index in [9.17, 15) is 0 Å². The summed E-state index contributed by atoms with van der Waals surface area (Å²) in [6.07, 6.45) is 15.2. The van der Waals surface area contributed by atoms with Gasteiger partial charge in [0.25, 0.3) is 0 Å². The van der Waals surface area contributed by atoms with Gasteiger partial charge >= 0.3 is 0 Å². The Labute approximate surface area is 181 Å².